The average molecular weight is 453 g/mol. The number of hydrazine groups is 1. The summed E-state index contributed by atoms with van der Waals surface area (Å²) in [5, 5.41) is 5.02. The Hall–Kier alpha value is -3.06. The van der Waals surface area contributed by atoms with Crippen LogP contribution in [-0.2, 0) is 5.54 Å². The van der Waals surface area contributed by atoms with Gasteiger partial charge in [0, 0.05) is 16.9 Å². The van der Waals surface area contributed by atoms with Gasteiger partial charge >= 0.3 is 6.03 Å². The van der Waals surface area contributed by atoms with E-state index < -0.39 is 0 Å². The topological polar surface area (TPSA) is 47.6 Å². The molecule has 3 aliphatic rings. The number of amides is 2. The SMILES string of the molecule is O=C(NC1(c2ccc(Br)cc2)CC1)N1C=CC=C2C1=CNN2c1ccc(F)cc1. The Balaban J connectivity index is 1.34. The van der Waals surface area contributed by atoms with Crippen LogP contribution in [0.1, 0.15) is 18.4 Å². The average Bonchev–Trinajstić information content (AvgIpc) is 3.38. The summed E-state index contributed by atoms with van der Waals surface area (Å²) in [6, 6.07) is 14.1. The van der Waals surface area contributed by atoms with Crippen molar-refractivity contribution in [2.24, 2.45) is 0 Å². The number of allylic oxidation sites excluding steroid dienone is 2. The van der Waals surface area contributed by atoms with Gasteiger partial charge in [0.05, 0.1) is 22.6 Å². The van der Waals surface area contributed by atoms with Gasteiger partial charge in [-0.3, -0.25) is 15.3 Å². The zero-order valence-electron chi connectivity index (χ0n) is 15.4. The number of anilines is 1. The lowest BCUT2D eigenvalue weighted by Gasteiger charge is -2.29. The summed E-state index contributed by atoms with van der Waals surface area (Å²) in [5.74, 6) is -0.290. The predicted octanol–water partition coefficient (Wildman–Crippen LogP) is 4.87. The molecule has 7 heteroatoms. The Bertz CT molecular complexity index is 1060. The van der Waals surface area contributed by atoms with Crippen LogP contribution in [0.5, 0.6) is 0 Å². The molecule has 0 saturated heterocycles. The van der Waals surface area contributed by atoms with Crippen molar-refractivity contribution in [2.45, 2.75) is 18.4 Å². The van der Waals surface area contributed by atoms with E-state index in [9.17, 15) is 9.18 Å². The second kappa shape index (κ2) is 6.77. The molecule has 0 atom stereocenters. The highest BCUT2D eigenvalue weighted by Crippen LogP contribution is 2.46. The minimum Gasteiger partial charge on any atom is -0.328 e. The lowest BCUT2D eigenvalue weighted by atomic mass is 10.1. The molecule has 146 valence electrons. The monoisotopic (exact) mass is 452 g/mol. The molecule has 1 fully saturated rings. The summed E-state index contributed by atoms with van der Waals surface area (Å²) >= 11 is 3.45. The number of rotatable bonds is 3. The molecule has 1 aliphatic carbocycles. The van der Waals surface area contributed by atoms with Crippen LogP contribution in [0.2, 0.25) is 0 Å². The zero-order valence-corrected chi connectivity index (χ0v) is 17.0. The standard InChI is InChI=1S/C22H18BrFN4O/c23-16-5-3-15(4-6-16)22(11-12-22)26-21(29)27-13-1-2-19-20(27)14-25-28(19)18-9-7-17(24)8-10-18/h1-10,13-14,25H,11-12H2,(H,26,29). The second-order valence-electron chi connectivity index (χ2n) is 7.25. The number of hydrogen-bond donors (Lipinski definition) is 2. The van der Waals surface area contributed by atoms with Crippen molar-refractivity contribution in [3.63, 3.8) is 0 Å². The molecule has 1 saturated carbocycles. The van der Waals surface area contributed by atoms with E-state index in [1.807, 2.05) is 41.4 Å². The van der Waals surface area contributed by atoms with Crippen molar-refractivity contribution in [2.75, 3.05) is 5.01 Å². The lowest BCUT2D eigenvalue weighted by molar-refractivity contribution is 0.218. The summed E-state index contributed by atoms with van der Waals surface area (Å²) in [7, 11) is 0. The number of benzene rings is 2. The largest absolute Gasteiger partial charge is 0.328 e. The molecule has 2 aromatic rings. The number of urea groups is 1. The van der Waals surface area contributed by atoms with Gasteiger partial charge in [-0.15, -0.1) is 0 Å². The van der Waals surface area contributed by atoms with Gasteiger partial charge in [0.1, 0.15) is 5.82 Å². The maximum absolute atomic E-state index is 13.3. The van der Waals surface area contributed by atoms with E-state index in [4.69, 9.17) is 0 Å². The quantitative estimate of drug-likeness (QED) is 0.698. The van der Waals surface area contributed by atoms with E-state index in [2.05, 4.69) is 26.7 Å². The third-order valence-electron chi connectivity index (χ3n) is 5.38. The first-order chi connectivity index (χ1) is 14.1. The maximum Gasteiger partial charge on any atom is 0.326 e. The first-order valence-corrected chi connectivity index (χ1v) is 10.1. The zero-order chi connectivity index (χ0) is 20.0. The van der Waals surface area contributed by atoms with Gasteiger partial charge in [-0.1, -0.05) is 28.1 Å². The molecule has 2 heterocycles. The fourth-order valence-corrected chi connectivity index (χ4v) is 3.93. The molecule has 0 unspecified atom stereocenters. The van der Waals surface area contributed by atoms with Gasteiger partial charge in [0.25, 0.3) is 0 Å². The number of hydrogen-bond acceptors (Lipinski definition) is 3. The summed E-state index contributed by atoms with van der Waals surface area (Å²) < 4.78 is 14.3. The van der Waals surface area contributed by atoms with Crippen molar-refractivity contribution in [1.82, 2.24) is 15.6 Å². The Morgan fingerprint density at radius 2 is 1.79 bits per heavy atom. The van der Waals surface area contributed by atoms with Gasteiger partial charge in [-0.2, -0.15) is 0 Å². The number of halogens is 2. The normalized spacial score (nSPS) is 18.6. The van der Waals surface area contributed by atoms with Gasteiger partial charge < -0.3 is 5.32 Å². The highest BCUT2D eigenvalue weighted by atomic mass is 79.9. The highest BCUT2D eigenvalue weighted by molar-refractivity contribution is 9.10. The van der Waals surface area contributed by atoms with Crippen LogP contribution in [-0.4, -0.2) is 10.9 Å². The van der Waals surface area contributed by atoms with Crippen LogP contribution in [0, 0.1) is 5.82 Å². The molecular weight excluding hydrogens is 435 g/mol. The molecular formula is C22H18BrFN4O. The van der Waals surface area contributed by atoms with Crippen molar-refractivity contribution in [3.8, 4) is 0 Å². The maximum atomic E-state index is 13.3. The predicted molar refractivity (Wildman–Crippen MR) is 113 cm³/mol. The fraction of sp³-hybridized carbons (Fsp3) is 0.136. The smallest absolute Gasteiger partial charge is 0.326 e. The van der Waals surface area contributed by atoms with Gasteiger partial charge in [0.15, 0.2) is 0 Å². The van der Waals surface area contributed by atoms with Crippen molar-refractivity contribution < 1.29 is 9.18 Å². The molecule has 0 radical (unpaired) electrons. The summed E-state index contributed by atoms with van der Waals surface area (Å²) in [6.07, 6.45) is 9.10. The lowest BCUT2D eigenvalue weighted by Crippen LogP contribution is -2.43. The molecule has 5 rings (SSSR count). The van der Waals surface area contributed by atoms with Crippen LogP contribution in [0.4, 0.5) is 14.9 Å². The second-order valence-corrected chi connectivity index (χ2v) is 8.17. The van der Waals surface area contributed by atoms with Gasteiger partial charge in [0.2, 0.25) is 0 Å². The van der Waals surface area contributed by atoms with Crippen LogP contribution >= 0.6 is 15.9 Å². The third kappa shape index (κ3) is 3.21. The summed E-state index contributed by atoms with van der Waals surface area (Å²) in [6.45, 7) is 0. The van der Waals surface area contributed by atoms with Gasteiger partial charge in [-0.25, -0.2) is 9.18 Å². The Kier molecular flexibility index (Phi) is 4.20. The molecule has 2 N–H and O–H groups in total. The molecule has 0 bridgehead atoms. The third-order valence-corrected chi connectivity index (χ3v) is 5.91. The Morgan fingerprint density at radius 3 is 2.48 bits per heavy atom. The Morgan fingerprint density at radius 1 is 1.07 bits per heavy atom. The summed E-state index contributed by atoms with van der Waals surface area (Å²) in [5.41, 5.74) is 6.29. The number of nitrogens with zero attached hydrogens (tertiary/aromatic N) is 2. The van der Waals surface area contributed by atoms with Crippen LogP contribution in [0.25, 0.3) is 0 Å². The molecule has 2 amide bonds. The number of nitrogens with one attached hydrogen (secondary N) is 2. The van der Waals surface area contributed by atoms with Crippen LogP contribution in [0.3, 0.4) is 0 Å². The van der Waals surface area contributed by atoms with E-state index in [1.165, 1.54) is 12.1 Å². The highest BCUT2D eigenvalue weighted by Gasteiger charge is 2.47. The number of carbonyl (C=O) groups is 1. The molecule has 0 aromatic heterocycles. The molecule has 5 nitrogen and oxygen atoms in total. The van der Waals surface area contributed by atoms with Crippen molar-refractivity contribution >= 4 is 27.6 Å². The minimum atomic E-state index is -0.309. The fourth-order valence-electron chi connectivity index (χ4n) is 3.66. The van der Waals surface area contributed by atoms with Crippen LogP contribution in [0.15, 0.2) is 88.9 Å². The molecule has 0 spiro atoms. The molecule has 2 aliphatic heterocycles. The van der Waals surface area contributed by atoms with E-state index >= 15 is 0 Å². The van der Waals surface area contributed by atoms with Gasteiger partial charge in [-0.05, 0) is 67.0 Å². The van der Waals surface area contributed by atoms with E-state index in [1.54, 1.807) is 29.4 Å². The minimum absolute atomic E-state index is 0.179. The summed E-state index contributed by atoms with van der Waals surface area (Å²) in [4.78, 5) is 14.7. The van der Waals surface area contributed by atoms with E-state index in [-0.39, 0.29) is 17.4 Å². The first kappa shape index (κ1) is 18.0. The number of fused-ring (bicyclic) bond motifs is 1. The molecule has 2 aromatic carbocycles. The van der Waals surface area contributed by atoms with Crippen molar-refractivity contribution in [1.29, 1.82) is 0 Å². The van der Waals surface area contributed by atoms with E-state index in [0.29, 0.717) is 0 Å². The van der Waals surface area contributed by atoms with Crippen LogP contribution < -0.4 is 15.8 Å². The van der Waals surface area contributed by atoms with Crippen molar-refractivity contribution in [3.05, 3.63) is 100 Å². The first-order valence-electron chi connectivity index (χ1n) is 9.34. The molecule has 29 heavy (non-hydrogen) atoms. The Labute approximate surface area is 176 Å². The van der Waals surface area contributed by atoms with E-state index in [0.717, 1.165) is 40.0 Å². The number of carbonyl (C=O) groups excluding carboxylic acids is 1.